The average molecular weight is 384 g/mol. The minimum atomic E-state index is -0.532. The van der Waals surface area contributed by atoms with Gasteiger partial charge >= 0.3 is 5.69 Å². The molecule has 0 spiro atoms. The van der Waals surface area contributed by atoms with Crippen molar-refractivity contribution in [2.75, 3.05) is 19.8 Å². The Morgan fingerprint density at radius 2 is 1.93 bits per heavy atom. The zero-order valence-corrected chi connectivity index (χ0v) is 15.1. The summed E-state index contributed by atoms with van der Waals surface area (Å²) in [5, 5.41) is 14.0. The van der Waals surface area contributed by atoms with Gasteiger partial charge in [-0.15, -0.1) is 0 Å². The van der Waals surface area contributed by atoms with E-state index in [0.29, 0.717) is 30.6 Å². The number of hydrogen-bond acceptors (Lipinski definition) is 6. The number of para-hydroxylation sites is 2. The average Bonchev–Trinajstić information content (AvgIpc) is 3.55. The molecule has 1 saturated carbocycles. The van der Waals surface area contributed by atoms with Gasteiger partial charge in [0.2, 0.25) is 0 Å². The fraction of sp³-hybridized carbons (Fsp3) is 0.350. The Morgan fingerprint density at radius 3 is 2.68 bits per heavy atom. The van der Waals surface area contributed by atoms with E-state index in [-0.39, 0.29) is 30.0 Å². The van der Waals surface area contributed by atoms with Gasteiger partial charge in [-0.05, 0) is 42.5 Å². The van der Waals surface area contributed by atoms with E-state index in [4.69, 9.17) is 14.2 Å². The normalized spacial score (nSPS) is 16.1. The fourth-order valence-electron chi connectivity index (χ4n) is 3.24. The molecule has 1 N–H and O–H groups in total. The molecule has 0 aromatic heterocycles. The number of hydrogen-bond donors (Lipinski definition) is 1. The van der Waals surface area contributed by atoms with Gasteiger partial charge in [0.25, 0.3) is 5.91 Å². The molecule has 0 radical (unpaired) electrons. The first kappa shape index (κ1) is 18.1. The van der Waals surface area contributed by atoms with Gasteiger partial charge in [-0.3, -0.25) is 14.9 Å². The third-order valence-electron chi connectivity index (χ3n) is 4.76. The van der Waals surface area contributed by atoms with Crippen molar-refractivity contribution in [3.63, 3.8) is 0 Å². The topological polar surface area (TPSA) is 99.9 Å². The van der Waals surface area contributed by atoms with Crippen LogP contribution in [0, 0.1) is 16.0 Å². The Balaban J connectivity index is 1.43. The van der Waals surface area contributed by atoms with Crippen molar-refractivity contribution in [3.05, 3.63) is 58.1 Å². The molecular formula is C20H20N2O6. The number of ether oxygens (including phenoxy) is 3. The van der Waals surface area contributed by atoms with E-state index in [9.17, 15) is 14.9 Å². The number of nitro benzene ring substituents is 1. The Kier molecular flexibility index (Phi) is 5.01. The summed E-state index contributed by atoms with van der Waals surface area (Å²) >= 11 is 0. The SMILES string of the molecule is O=C(COc1ccccc1[N+](=O)[O-])NC(c1ccc2c(c1)OCCO2)C1CC1. The van der Waals surface area contributed by atoms with E-state index in [1.165, 1.54) is 12.1 Å². The van der Waals surface area contributed by atoms with Crippen LogP contribution in [0.2, 0.25) is 0 Å². The lowest BCUT2D eigenvalue weighted by Crippen LogP contribution is -2.33. The van der Waals surface area contributed by atoms with Crippen molar-refractivity contribution in [2.24, 2.45) is 5.92 Å². The van der Waals surface area contributed by atoms with Crippen molar-refractivity contribution < 1.29 is 23.9 Å². The monoisotopic (exact) mass is 384 g/mol. The molecular weight excluding hydrogens is 364 g/mol. The summed E-state index contributed by atoms with van der Waals surface area (Å²) in [6, 6.07) is 11.5. The summed E-state index contributed by atoms with van der Waals surface area (Å²) in [5.41, 5.74) is 0.784. The molecule has 4 rings (SSSR count). The third-order valence-corrected chi connectivity index (χ3v) is 4.76. The maximum absolute atomic E-state index is 12.4. The minimum Gasteiger partial charge on any atom is -0.486 e. The number of benzene rings is 2. The van der Waals surface area contributed by atoms with Crippen LogP contribution in [0.15, 0.2) is 42.5 Å². The van der Waals surface area contributed by atoms with Gasteiger partial charge in [-0.1, -0.05) is 18.2 Å². The van der Waals surface area contributed by atoms with E-state index in [1.54, 1.807) is 12.1 Å². The molecule has 1 unspecified atom stereocenters. The first-order chi connectivity index (χ1) is 13.6. The van der Waals surface area contributed by atoms with Crippen LogP contribution in [-0.4, -0.2) is 30.7 Å². The zero-order valence-electron chi connectivity index (χ0n) is 15.1. The molecule has 146 valence electrons. The smallest absolute Gasteiger partial charge is 0.310 e. The highest BCUT2D eigenvalue weighted by Gasteiger charge is 2.34. The van der Waals surface area contributed by atoms with Gasteiger partial charge in [0.15, 0.2) is 23.9 Å². The lowest BCUT2D eigenvalue weighted by molar-refractivity contribution is -0.385. The highest BCUT2D eigenvalue weighted by Crippen LogP contribution is 2.43. The maximum atomic E-state index is 12.4. The Hall–Kier alpha value is -3.29. The second-order valence-corrected chi connectivity index (χ2v) is 6.80. The largest absolute Gasteiger partial charge is 0.486 e. The van der Waals surface area contributed by atoms with Crippen LogP contribution in [0.5, 0.6) is 17.2 Å². The number of carbonyl (C=O) groups excluding carboxylic acids is 1. The molecule has 8 nitrogen and oxygen atoms in total. The molecule has 1 aliphatic heterocycles. The number of nitro groups is 1. The summed E-state index contributed by atoms with van der Waals surface area (Å²) in [5.74, 6) is 1.49. The van der Waals surface area contributed by atoms with Crippen LogP contribution in [0.4, 0.5) is 5.69 Å². The molecule has 2 aliphatic rings. The zero-order chi connectivity index (χ0) is 19.5. The lowest BCUT2D eigenvalue weighted by atomic mass is 10.0. The van der Waals surface area contributed by atoms with Crippen LogP contribution in [0.3, 0.4) is 0 Å². The van der Waals surface area contributed by atoms with Gasteiger partial charge < -0.3 is 19.5 Å². The molecule has 28 heavy (non-hydrogen) atoms. The summed E-state index contributed by atoms with van der Waals surface area (Å²) in [7, 11) is 0. The summed E-state index contributed by atoms with van der Waals surface area (Å²) in [6.07, 6.45) is 2.06. The summed E-state index contributed by atoms with van der Waals surface area (Å²) in [6.45, 7) is 0.733. The van der Waals surface area contributed by atoms with Gasteiger partial charge in [0.1, 0.15) is 13.2 Å². The predicted molar refractivity (Wildman–Crippen MR) is 99.6 cm³/mol. The number of amides is 1. The van der Waals surface area contributed by atoms with E-state index in [0.717, 1.165) is 18.4 Å². The second kappa shape index (κ2) is 7.75. The molecule has 1 amide bonds. The van der Waals surface area contributed by atoms with E-state index < -0.39 is 4.92 Å². The molecule has 2 aromatic carbocycles. The first-order valence-corrected chi connectivity index (χ1v) is 9.17. The molecule has 2 aromatic rings. The highest BCUT2D eigenvalue weighted by molar-refractivity contribution is 5.78. The van der Waals surface area contributed by atoms with Crippen molar-refractivity contribution >= 4 is 11.6 Å². The predicted octanol–water partition coefficient (Wildman–Crippen LogP) is 3.01. The first-order valence-electron chi connectivity index (χ1n) is 9.17. The van der Waals surface area contributed by atoms with Crippen LogP contribution in [0.1, 0.15) is 24.4 Å². The van der Waals surface area contributed by atoms with Crippen LogP contribution in [-0.2, 0) is 4.79 Å². The lowest BCUT2D eigenvalue weighted by Gasteiger charge is -2.23. The second-order valence-electron chi connectivity index (χ2n) is 6.80. The molecule has 1 fully saturated rings. The fourth-order valence-corrected chi connectivity index (χ4v) is 3.24. The van der Waals surface area contributed by atoms with E-state index >= 15 is 0 Å². The van der Waals surface area contributed by atoms with Crippen LogP contribution < -0.4 is 19.5 Å². The van der Waals surface area contributed by atoms with Crippen molar-refractivity contribution in [2.45, 2.75) is 18.9 Å². The van der Waals surface area contributed by atoms with E-state index in [1.807, 2.05) is 18.2 Å². The summed E-state index contributed by atoms with van der Waals surface area (Å²) < 4.78 is 16.6. The van der Waals surface area contributed by atoms with Gasteiger partial charge in [-0.2, -0.15) is 0 Å². The molecule has 1 heterocycles. The van der Waals surface area contributed by atoms with Crippen molar-refractivity contribution in [1.29, 1.82) is 0 Å². The standard InChI is InChI=1S/C20H20N2O6/c23-19(12-28-16-4-2-1-3-15(16)22(24)25)21-20(13-5-6-13)14-7-8-17-18(11-14)27-10-9-26-17/h1-4,7-8,11,13,20H,5-6,9-10,12H2,(H,21,23). The highest BCUT2D eigenvalue weighted by atomic mass is 16.6. The molecule has 1 atom stereocenters. The Morgan fingerprint density at radius 1 is 1.18 bits per heavy atom. The van der Waals surface area contributed by atoms with Crippen molar-refractivity contribution in [3.8, 4) is 17.2 Å². The van der Waals surface area contributed by atoms with Gasteiger partial charge in [-0.25, -0.2) is 0 Å². The molecule has 8 heteroatoms. The van der Waals surface area contributed by atoms with Crippen molar-refractivity contribution in [1.82, 2.24) is 5.32 Å². The van der Waals surface area contributed by atoms with Crippen LogP contribution in [0.25, 0.3) is 0 Å². The van der Waals surface area contributed by atoms with Gasteiger partial charge in [0, 0.05) is 6.07 Å². The maximum Gasteiger partial charge on any atom is 0.310 e. The molecule has 1 aliphatic carbocycles. The Bertz CT molecular complexity index is 896. The quantitative estimate of drug-likeness (QED) is 0.582. The van der Waals surface area contributed by atoms with Gasteiger partial charge in [0.05, 0.1) is 11.0 Å². The Labute approximate surface area is 161 Å². The number of nitrogens with one attached hydrogen (secondary N) is 1. The molecule has 0 saturated heterocycles. The minimum absolute atomic E-state index is 0.0740. The van der Waals surface area contributed by atoms with E-state index in [2.05, 4.69) is 5.32 Å². The number of nitrogens with zero attached hydrogens (tertiary/aromatic N) is 1. The summed E-state index contributed by atoms with van der Waals surface area (Å²) in [4.78, 5) is 23.0. The number of rotatable bonds is 7. The van der Waals surface area contributed by atoms with Crippen LogP contribution >= 0.6 is 0 Å². The third kappa shape index (κ3) is 4.00. The number of carbonyl (C=O) groups is 1. The molecule has 0 bridgehead atoms. The number of fused-ring (bicyclic) bond motifs is 1.